The van der Waals surface area contributed by atoms with Gasteiger partial charge in [-0.3, -0.25) is 4.99 Å². The number of rotatable bonds is 1. The molecule has 2 heteroatoms. The fraction of sp³-hybridized carbons (Fsp3) is 0.235. The van der Waals surface area contributed by atoms with Gasteiger partial charge in [-0.25, -0.2) is 0 Å². The number of hydrogen-bond donors (Lipinski definition) is 0. The van der Waals surface area contributed by atoms with Crippen molar-refractivity contribution in [3.8, 4) is 0 Å². The summed E-state index contributed by atoms with van der Waals surface area (Å²) in [4.78, 5) is 6.15. The molecule has 1 aromatic carbocycles. The molecule has 1 aliphatic carbocycles. The van der Waals surface area contributed by atoms with Gasteiger partial charge in [-0.1, -0.05) is 42.5 Å². The van der Waals surface area contributed by atoms with Crippen LogP contribution in [0.1, 0.15) is 17.9 Å². The highest BCUT2D eigenvalue weighted by Crippen LogP contribution is 2.61. The molecule has 2 unspecified atom stereocenters. The molecule has 0 radical (unpaired) electrons. The average Bonchev–Trinajstić information content (AvgIpc) is 2.90. The lowest BCUT2D eigenvalue weighted by Crippen LogP contribution is -2.31. The lowest BCUT2D eigenvalue weighted by molar-refractivity contribution is 0.392. The number of nitrogens with zero attached hydrogens (tertiary/aromatic N) is 1. The molecular weight excluding hydrogens is 250 g/mol. The molecule has 0 bridgehead atoms. The largest absolute Gasteiger partial charge is 0.260 e. The molecule has 1 fully saturated rings. The van der Waals surface area contributed by atoms with Gasteiger partial charge in [-0.05, 0) is 34.8 Å². The van der Waals surface area contributed by atoms with Crippen molar-refractivity contribution in [2.24, 2.45) is 10.4 Å². The maximum absolute atomic E-state index is 4.66. The van der Waals surface area contributed by atoms with Crippen molar-refractivity contribution < 1.29 is 0 Å². The molecule has 0 saturated carbocycles. The third-order valence-corrected chi connectivity index (χ3v) is 5.56. The molecule has 2 aliphatic heterocycles. The SMILES string of the molecule is C1=CC(c2ccccc2)C23CCSC2=CC=NC3=C1. The van der Waals surface area contributed by atoms with E-state index in [1.807, 2.05) is 18.0 Å². The first-order valence-electron chi connectivity index (χ1n) is 6.73. The van der Waals surface area contributed by atoms with E-state index in [1.165, 1.54) is 28.3 Å². The highest BCUT2D eigenvalue weighted by Gasteiger charge is 2.49. The number of thioether (sulfide) groups is 1. The van der Waals surface area contributed by atoms with Crippen LogP contribution >= 0.6 is 11.8 Å². The van der Waals surface area contributed by atoms with Crippen molar-refractivity contribution in [2.75, 3.05) is 5.75 Å². The molecule has 1 saturated heterocycles. The summed E-state index contributed by atoms with van der Waals surface area (Å²) >= 11 is 2.00. The van der Waals surface area contributed by atoms with Crippen LogP contribution in [-0.2, 0) is 0 Å². The number of benzene rings is 1. The Bertz CT molecular complexity index is 624. The normalized spacial score (nSPS) is 31.5. The second kappa shape index (κ2) is 4.24. The zero-order valence-corrected chi connectivity index (χ0v) is 11.4. The molecule has 1 nitrogen and oxygen atoms in total. The van der Waals surface area contributed by atoms with E-state index in [9.17, 15) is 0 Å². The van der Waals surface area contributed by atoms with Gasteiger partial charge in [0.2, 0.25) is 0 Å². The minimum Gasteiger partial charge on any atom is -0.260 e. The third kappa shape index (κ3) is 1.53. The molecule has 19 heavy (non-hydrogen) atoms. The molecule has 3 aliphatic rings. The number of dihydropyridines is 1. The molecule has 94 valence electrons. The Morgan fingerprint density at radius 3 is 2.95 bits per heavy atom. The van der Waals surface area contributed by atoms with E-state index in [4.69, 9.17) is 0 Å². The van der Waals surface area contributed by atoms with Crippen LogP contribution < -0.4 is 0 Å². The second-order valence-electron chi connectivity index (χ2n) is 5.20. The average molecular weight is 265 g/mol. The monoisotopic (exact) mass is 265 g/mol. The van der Waals surface area contributed by atoms with Crippen molar-refractivity contribution >= 4 is 18.0 Å². The third-order valence-electron chi connectivity index (χ3n) is 4.34. The van der Waals surface area contributed by atoms with Crippen LogP contribution in [0.2, 0.25) is 0 Å². The van der Waals surface area contributed by atoms with E-state index < -0.39 is 0 Å². The first-order chi connectivity index (χ1) is 9.41. The summed E-state index contributed by atoms with van der Waals surface area (Å²) in [6.07, 6.45) is 12.1. The fourth-order valence-corrected chi connectivity index (χ4v) is 4.86. The van der Waals surface area contributed by atoms with Crippen molar-refractivity contribution in [1.29, 1.82) is 0 Å². The Morgan fingerprint density at radius 2 is 2.05 bits per heavy atom. The van der Waals surface area contributed by atoms with Gasteiger partial charge in [0.05, 0.1) is 11.1 Å². The van der Waals surface area contributed by atoms with Crippen LogP contribution in [-0.4, -0.2) is 12.0 Å². The van der Waals surface area contributed by atoms with Gasteiger partial charge in [0.1, 0.15) is 0 Å². The summed E-state index contributed by atoms with van der Waals surface area (Å²) < 4.78 is 0. The summed E-state index contributed by atoms with van der Waals surface area (Å²) in [6, 6.07) is 10.8. The Balaban J connectivity index is 1.89. The molecule has 2 heterocycles. The Hall–Kier alpha value is -1.54. The number of hydrogen-bond acceptors (Lipinski definition) is 2. The maximum Gasteiger partial charge on any atom is 0.0546 e. The topological polar surface area (TPSA) is 12.4 Å². The molecule has 0 aromatic heterocycles. The Kier molecular flexibility index (Phi) is 2.52. The standard InChI is InChI=1S/C17H15NS/c1-2-5-13(6-3-1)14-7-4-8-15-17(14)10-12-19-16(17)9-11-18-15/h1-9,11,14H,10,12H2. The minimum absolute atomic E-state index is 0.107. The van der Waals surface area contributed by atoms with E-state index in [2.05, 4.69) is 59.6 Å². The van der Waals surface area contributed by atoms with Crippen LogP contribution in [0, 0.1) is 5.41 Å². The maximum atomic E-state index is 4.66. The molecular formula is C17H15NS. The Morgan fingerprint density at radius 1 is 1.16 bits per heavy atom. The van der Waals surface area contributed by atoms with E-state index in [1.54, 1.807) is 0 Å². The first kappa shape index (κ1) is 11.3. The first-order valence-corrected chi connectivity index (χ1v) is 7.71. The molecule has 0 N–H and O–H groups in total. The predicted octanol–water partition coefficient (Wildman–Crippen LogP) is 4.32. The van der Waals surface area contributed by atoms with Gasteiger partial charge in [0, 0.05) is 12.1 Å². The van der Waals surface area contributed by atoms with Gasteiger partial charge < -0.3 is 0 Å². The zero-order chi connectivity index (χ0) is 12.7. The Labute approximate surface area is 117 Å². The van der Waals surface area contributed by atoms with Crippen LogP contribution in [0.4, 0.5) is 0 Å². The van der Waals surface area contributed by atoms with Crippen LogP contribution in [0.5, 0.6) is 0 Å². The summed E-state index contributed by atoms with van der Waals surface area (Å²) in [5.74, 6) is 1.62. The predicted molar refractivity (Wildman–Crippen MR) is 82.5 cm³/mol. The molecule has 1 aromatic rings. The van der Waals surface area contributed by atoms with Crippen LogP contribution in [0.3, 0.4) is 0 Å². The number of allylic oxidation sites excluding steroid dienone is 5. The van der Waals surface area contributed by atoms with Gasteiger partial charge in [-0.15, -0.1) is 11.8 Å². The van der Waals surface area contributed by atoms with Crippen LogP contribution in [0.25, 0.3) is 0 Å². The van der Waals surface area contributed by atoms with Crippen molar-refractivity contribution in [1.82, 2.24) is 0 Å². The lowest BCUT2D eigenvalue weighted by atomic mass is 9.65. The summed E-state index contributed by atoms with van der Waals surface area (Å²) in [6.45, 7) is 0. The fourth-order valence-electron chi connectivity index (χ4n) is 3.46. The highest BCUT2D eigenvalue weighted by atomic mass is 32.2. The van der Waals surface area contributed by atoms with Crippen molar-refractivity contribution in [3.63, 3.8) is 0 Å². The quantitative estimate of drug-likeness (QED) is 0.737. The molecule has 0 amide bonds. The van der Waals surface area contributed by atoms with E-state index in [0.29, 0.717) is 5.92 Å². The van der Waals surface area contributed by atoms with Gasteiger partial charge in [0.25, 0.3) is 0 Å². The summed E-state index contributed by atoms with van der Waals surface area (Å²) in [7, 11) is 0. The van der Waals surface area contributed by atoms with Gasteiger partial charge in [0.15, 0.2) is 0 Å². The highest BCUT2D eigenvalue weighted by molar-refractivity contribution is 8.03. The van der Waals surface area contributed by atoms with E-state index in [0.717, 1.165) is 0 Å². The zero-order valence-electron chi connectivity index (χ0n) is 10.6. The smallest absolute Gasteiger partial charge is 0.0546 e. The molecule has 1 spiro atoms. The van der Waals surface area contributed by atoms with Crippen LogP contribution in [0.15, 0.2) is 70.2 Å². The number of aliphatic imine (C=N–C) groups is 1. The van der Waals surface area contributed by atoms with Crippen molar-refractivity contribution in [2.45, 2.75) is 12.3 Å². The summed E-state index contributed by atoms with van der Waals surface area (Å²) in [5.41, 5.74) is 2.75. The van der Waals surface area contributed by atoms with E-state index in [-0.39, 0.29) is 5.41 Å². The van der Waals surface area contributed by atoms with Gasteiger partial charge in [-0.2, -0.15) is 0 Å². The second-order valence-corrected chi connectivity index (χ2v) is 6.34. The lowest BCUT2D eigenvalue weighted by Gasteiger charge is -2.40. The molecule has 4 rings (SSSR count). The molecule has 2 atom stereocenters. The minimum atomic E-state index is 0.107. The summed E-state index contributed by atoms with van der Waals surface area (Å²) in [5, 5.41) is 0. The van der Waals surface area contributed by atoms with Crippen molar-refractivity contribution in [3.05, 3.63) is 70.8 Å². The van der Waals surface area contributed by atoms with Gasteiger partial charge >= 0.3 is 0 Å². The van der Waals surface area contributed by atoms with E-state index >= 15 is 0 Å².